The van der Waals surface area contributed by atoms with Crippen molar-refractivity contribution in [1.29, 1.82) is 0 Å². The summed E-state index contributed by atoms with van der Waals surface area (Å²) < 4.78 is 0. The Bertz CT molecular complexity index is 863. The van der Waals surface area contributed by atoms with Gasteiger partial charge in [-0.2, -0.15) is 0 Å². The molecule has 0 atom stereocenters. The standard InChI is InChI=1S/C19H17ClN4O/c1-13-4-2-3-5-14(13)12-21-18-11-10-17(23-24-18)19(25)22-16-8-6-15(20)7-9-16/h2-11H,12H2,1H3,(H,21,24)(H,22,25). The van der Waals surface area contributed by atoms with Crippen LogP contribution in [0.1, 0.15) is 21.6 Å². The van der Waals surface area contributed by atoms with Gasteiger partial charge in [-0.1, -0.05) is 35.9 Å². The van der Waals surface area contributed by atoms with Gasteiger partial charge in [0, 0.05) is 17.3 Å². The summed E-state index contributed by atoms with van der Waals surface area (Å²) in [6.07, 6.45) is 0. The molecule has 1 aromatic heterocycles. The molecule has 0 aliphatic carbocycles. The maximum absolute atomic E-state index is 12.2. The van der Waals surface area contributed by atoms with Gasteiger partial charge in [-0.05, 0) is 54.4 Å². The second-order valence-electron chi connectivity index (χ2n) is 5.54. The number of rotatable bonds is 5. The Kier molecular flexibility index (Phi) is 5.26. The van der Waals surface area contributed by atoms with Gasteiger partial charge in [-0.15, -0.1) is 10.2 Å². The topological polar surface area (TPSA) is 66.9 Å². The molecule has 5 nitrogen and oxygen atoms in total. The van der Waals surface area contributed by atoms with Crippen molar-refractivity contribution >= 4 is 29.0 Å². The smallest absolute Gasteiger partial charge is 0.276 e. The molecule has 0 spiro atoms. The molecule has 0 saturated heterocycles. The van der Waals surface area contributed by atoms with Crippen molar-refractivity contribution in [2.75, 3.05) is 10.6 Å². The summed E-state index contributed by atoms with van der Waals surface area (Å²) in [6, 6.07) is 18.4. The van der Waals surface area contributed by atoms with Gasteiger partial charge in [0.25, 0.3) is 5.91 Å². The fourth-order valence-corrected chi connectivity index (χ4v) is 2.40. The maximum Gasteiger partial charge on any atom is 0.276 e. The van der Waals surface area contributed by atoms with E-state index >= 15 is 0 Å². The highest BCUT2D eigenvalue weighted by Gasteiger charge is 2.09. The monoisotopic (exact) mass is 352 g/mol. The first-order valence-corrected chi connectivity index (χ1v) is 8.18. The highest BCUT2D eigenvalue weighted by molar-refractivity contribution is 6.30. The van der Waals surface area contributed by atoms with Gasteiger partial charge in [-0.3, -0.25) is 4.79 Å². The molecule has 0 saturated carbocycles. The average Bonchev–Trinajstić information content (AvgIpc) is 2.63. The SMILES string of the molecule is Cc1ccccc1CNc1ccc(C(=O)Nc2ccc(Cl)cc2)nn1. The number of aromatic nitrogens is 2. The number of hydrogen-bond donors (Lipinski definition) is 2. The molecule has 3 rings (SSSR count). The molecule has 0 aliphatic heterocycles. The average molecular weight is 353 g/mol. The predicted octanol–water partition coefficient (Wildman–Crippen LogP) is 4.30. The Morgan fingerprint density at radius 3 is 2.44 bits per heavy atom. The van der Waals surface area contributed by atoms with Crippen LogP contribution >= 0.6 is 11.6 Å². The van der Waals surface area contributed by atoms with Crippen molar-refractivity contribution in [2.45, 2.75) is 13.5 Å². The van der Waals surface area contributed by atoms with E-state index in [1.807, 2.05) is 12.1 Å². The fourth-order valence-electron chi connectivity index (χ4n) is 2.27. The van der Waals surface area contributed by atoms with E-state index < -0.39 is 0 Å². The predicted molar refractivity (Wildman–Crippen MR) is 99.9 cm³/mol. The lowest BCUT2D eigenvalue weighted by molar-refractivity contribution is 0.102. The molecule has 2 aromatic carbocycles. The molecule has 0 fully saturated rings. The lowest BCUT2D eigenvalue weighted by Crippen LogP contribution is -2.14. The summed E-state index contributed by atoms with van der Waals surface area (Å²) in [4.78, 5) is 12.2. The lowest BCUT2D eigenvalue weighted by Gasteiger charge is -2.08. The third-order valence-corrected chi connectivity index (χ3v) is 3.97. The molecule has 6 heteroatoms. The number of nitrogens with one attached hydrogen (secondary N) is 2. The summed E-state index contributed by atoms with van der Waals surface area (Å²) in [7, 11) is 0. The van der Waals surface area contributed by atoms with Crippen LogP contribution in [0.2, 0.25) is 5.02 Å². The largest absolute Gasteiger partial charge is 0.364 e. The molecule has 2 N–H and O–H groups in total. The van der Waals surface area contributed by atoms with Gasteiger partial charge in [-0.25, -0.2) is 0 Å². The Morgan fingerprint density at radius 1 is 1.00 bits per heavy atom. The first kappa shape index (κ1) is 16.9. The Morgan fingerprint density at radius 2 is 1.76 bits per heavy atom. The lowest BCUT2D eigenvalue weighted by atomic mass is 10.1. The van der Waals surface area contributed by atoms with Gasteiger partial charge < -0.3 is 10.6 Å². The van der Waals surface area contributed by atoms with Crippen LogP contribution in [0.3, 0.4) is 0 Å². The number of halogens is 1. The maximum atomic E-state index is 12.2. The summed E-state index contributed by atoms with van der Waals surface area (Å²) in [6.45, 7) is 2.71. The van der Waals surface area contributed by atoms with E-state index in [0.717, 1.165) is 0 Å². The van der Waals surface area contributed by atoms with Crippen molar-refractivity contribution in [2.24, 2.45) is 0 Å². The van der Waals surface area contributed by atoms with Gasteiger partial charge in [0.15, 0.2) is 5.69 Å². The van der Waals surface area contributed by atoms with Gasteiger partial charge >= 0.3 is 0 Å². The van der Waals surface area contributed by atoms with Crippen LogP contribution in [-0.4, -0.2) is 16.1 Å². The quantitative estimate of drug-likeness (QED) is 0.718. The minimum atomic E-state index is -0.319. The molecular formula is C19H17ClN4O. The van der Waals surface area contributed by atoms with Crippen LogP contribution in [0.25, 0.3) is 0 Å². The van der Waals surface area contributed by atoms with E-state index in [2.05, 4.69) is 39.9 Å². The zero-order valence-corrected chi connectivity index (χ0v) is 14.4. The van der Waals surface area contributed by atoms with Crippen molar-refractivity contribution in [3.8, 4) is 0 Å². The van der Waals surface area contributed by atoms with Crippen LogP contribution < -0.4 is 10.6 Å². The van der Waals surface area contributed by atoms with Gasteiger partial charge in [0.1, 0.15) is 5.82 Å². The van der Waals surface area contributed by atoms with Crippen LogP contribution in [0, 0.1) is 6.92 Å². The number of aryl methyl sites for hydroxylation is 1. The molecule has 3 aromatic rings. The molecule has 1 heterocycles. The molecule has 25 heavy (non-hydrogen) atoms. The van der Waals surface area contributed by atoms with E-state index in [1.165, 1.54) is 11.1 Å². The van der Waals surface area contributed by atoms with Gasteiger partial charge in [0.05, 0.1) is 0 Å². The third kappa shape index (κ3) is 4.55. The zero-order chi connectivity index (χ0) is 17.6. The molecule has 0 aliphatic rings. The van der Waals surface area contributed by atoms with Crippen molar-refractivity contribution in [3.05, 3.63) is 82.5 Å². The number of carbonyl (C=O) groups excluding carboxylic acids is 1. The molecule has 1 amide bonds. The van der Waals surface area contributed by atoms with E-state index in [4.69, 9.17) is 11.6 Å². The fraction of sp³-hybridized carbons (Fsp3) is 0.105. The highest BCUT2D eigenvalue weighted by atomic mass is 35.5. The highest BCUT2D eigenvalue weighted by Crippen LogP contribution is 2.14. The first-order valence-electron chi connectivity index (χ1n) is 7.81. The molecule has 126 valence electrons. The molecule has 0 radical (unpaired) electrons. The van der Waals surface area contributed by atoms with E-state index in [-0.39, 0.29) is 11.6 Å². The van der Waals surface area contributed by atoms with E-state index in [1.54, 1.807) is 36.4 Å². The Labute approximate surface area is 151 Å². The summed E-state index contributed by atoms with van der Waals surface area (Å²) in [5.74, 6) is 0.298. The van der Waals surface area contributed by atoms with Gasteiger partial charge in [0.2, 0.25) is 0 Å². The molecule has 0 unspecified atom stereocenters. The summed E-state index contributed by atoms with van der Waals surface area (Å²) in [5, 5.41) is 14.6. The van der Waals surface area contributed by atoms with Crippen molar-refractivity contribution in [1.82, 2.24) is 10.2 Å². The number of hydrogen-bond acceptors (Lipinski definition) is 4. The van der Waals surface area contributed by atoms with Crippen LogP contribution in [0.15, 0.2) is 60.7 Å². The number of carbonyl (C=O) groups is 1. The second-order valence-corrected chi connectivity index (χ2v) is 5.98. The second kappa shape index (κ2) is 7.77. The van der Waals surface area contributed by atoms with Crippen molar-refractivity contribution < 1.29 is 4.79 Å². The number of nitrogens with zero attached hydrogens (tertiary/aromatic N) is 2. The summed E-state index contributed by atoms with van der Waals surface area (Å²) in [5.41, 5.74) is 3.30. The Balaban J connectivity index is 1.60. The minimum Gasteiger partial charge on any atom is -0.364 e. The molecule has 0 bridgehead atoms. The zero-order valence-electron chi connectivity index (χ0n) is 13.7. The third-order valence-electron chi connectivity index (χ3n) is 3.72. The van der Waals surface area contributed by atoms with Crippen LogP contribution in [0.5, 0.6) is 0 Å². The van der Waals surface area contributed by atoms with Crippen LogP contribution in [0.4, 0.5) is 11.5 Å². The normalized spacial score (nSPS) is 10.3. The first-order chi connectivity index (χ1) is 12.1. The van der Waals surface area contributed by atoms with Crippen LogP contribution in [-0.2, 0) is 6.54 Å². The number of benzene rings is 2. The van der Waals surface area contributed by atoms with Crippen molar-refractivity contribution in [3.63, 3.8) is 0 Å². The summed E-state index contributed by atoms with van der Waals surface area (Å²) >= 11 is 5.82. The minimum absolute atomic E-state index is 0.247. The Hall–Kier alpha value is -2.92. The number of anilines is 2. The van der Waals surface area contributed by atoms with E-state index in [9.17, 15) is 4.79 Å². The number of amides is 1. The molecular weight excluding hydrogens is 336 g/mol. The van der Waals surface area contributed by atoms with E-state index in [0.29, 0.717) is 23.1 Å².